The number of aliphatic hydroxyl groups excluding tert-OH is 1. The van der Waals surface area contributed by atoms with Crippen LogP contribution in [0.2, 0.25) is 0 Å². The van der Waals surface area contributed by atoms with E-state index in [2.05, 4.69) is 33.0 Å². The van der Waals surface area contributed by atoms with E-state index in [-0.39, 0.29) is 18.4 Å². The summed E-state index contributed by atoms with van der Waals surface area (Å²) in [5.41, 5.74) is 0. The van der Waals surface area contributed by atoms with E-state index in [0.717, 1.165) is 25.7 Å². The molecular weight excluding hydrogens is 328 g/mol. The maximum Gasteiger partial charge on any atom is 0.245 e. The van der Waals surface area contributed by atoms with Crippen LogP contribution in [0.3, 0.4) is 0 Å². The fourth-order valence-electron chi connectivity index (χ4n) is 3.53. The Morgan fingerprint density at radius 2 is 1.69 bits per heavy atom. The number of hydrogen-bond acceptors (Lipinski definition) is 3. The van der Waals surface area contributed by atoms with Crippen LogP contribution in [0.5, 0.6) is 0 Å². The van der Waals surface area contributed by atoms with Gasteiger partial charge in [0.15, 0.2) is 0 Å². The first-order valence-electron chi connectivity index (χ1n) is 10.5. The van der Waals surface area contributed by atoms with E-state index >= 15 is 0 Å². The molecule has 152 valence electrons. The van der Waals surface area contributed by atoms with Crippen molar-refractivity contribution in [1.82, 2.24) is 10.2 Å². The van der Waals surface area contributed by atoms with Crippen molar-refractivity contribution >= 4 is 11.8 Å². The Labute approximate surface area is 159 Å². The van der Waals surface area contributed by atoms with E-state index in [1.807, 2.05) is 4.90 Å². The molecule has 0 aromatic heterocycles. The SMILES string of the molecule is CC(C)CCCCCC(=O)N[C@@H](CC(C)C)C(=O)N1CCC(CO)CC1. The zero-order valence-corrected chi connectivity index (χ0v) is 17.3. The maximum atomic E-state index is 12.9. The van der Waals surface area contributed by atoms with Crippen molar-refractivity contribution in [3.05, 3.63) is 0 Å². The second-order valence-corrected chi connectivity index (χ2v) is 8.69. The molecule has 5 nitrogen and oxygen atoms in total. The number of piperidine rings is 1. The lowest BCUT2D eigenvalue weighted by Crippen LogP contribution is -2.51. The quantitative estimate of drug-likeness (QED) is 0.550. The lowest BCUT2D eigenvalue weighted by atomic mass is 9.96. The molecule has 1 heterocycles. The molecule has 1 aliphatic rings. The number of carbonyl (C=O) groups excluding carboxylic acids is 2. The summed E-state index contributed by atoms with van der Waals surface area (Å²) in [7, 11) is 0. The zero-order chi connectivity index (χ0) is 19.5. The first-order valence-corrected chi connectivity index (χ1v) is 10.5. The molecule has 1 fully saturated rings. The minimum Gasteiger partial charge on any atom is -0.396 e. The Kier molecular flexibility index (Phi) is 10.9. The third-order valence-electron chi connectivity index (χ3n) is 5.21. The average molecular weight is 369 g/mol. The molecule has 2 amide bonds. The van der Waals surface area contributed by atoms with Gasteiger partial charge >= 0.3 is 0 Å². The van der Waals surface area contributed by atoms with Gasteiger partial charge in [-0.25, -0.2) is 0 Å². The largest absolute Gasteiger partial charge is 0.396 e. The molecule has 0 aromatic rings. The molecule has 1 atom stereocenters. The van der Waals surface area contributed by atoms with Gasteiger partial charge in [0.1, 0.15) is 6.04 Å². The predicted molar refractivity (Wildman–Crippen MR) is 106 cm³/mol. The van der Waals surface area contributed by atoms with E-state index < -0.39 is 6.04 Å². The molecule has 0 aliphatic carbocycles. The van der Waals surface area contributed by atoms with Crippen molar-refractivity contribution in [2.75, 3.05) is 19.7 Å². The minimum absolute atomic E-state index is 0.00112. The van der Waals surface area contributed by atoms with Crippen molar-refractivity contribution < 1.29 is 14.7 Å². The second kappa shape index (κ2) is 12.3. The molecule has 5 heteroatoms. The highest BCUT2D eigenvalue weighted by Crippen LogP contribution is 2.19. The topological polar surface area (TPSA) is 69.6 Å². The summed E-state index contributed by atoms with van der Waals surface area (Å²) in [5, 5.41) is 12.2. The summed E-state index contributed by atoms with van der Waals surface area (Å²) >= 11 is 0. The number of aliphatic hydroxyl groups is 1. The average Bonchev–Trinajstić information content (AvgIpc) is 2.59. The van der Waals surface area contributed by atoms with Crippen LogP contribution in [-0.2, 0) is 9.59 Å². The number of carbonyl (C=O) groups is 2. The van der Waals surface area contributed by atoms with Crippen LogP contribution in [0.4, 0.5) is 0 Å². The van der Waals surface area contributed by atoms with Gasteiger partial charge in [-0.1, -0.05) is 47.0 Å². The maximum absolute atomic E-state index is 12.9. The molecule has 1 aliphatic heterocycles. The van der Waals surface area contributed by atoms with Gasteiger partial charge in [-0.15, -0.1) is 0 Å². The standard InChI is InChI=1S/C21H40N2O3/c1-16(2)8-6-5-7-9-20(25)22-19(14-17(3)4)21(26)23-12-10-18(15-24)11-13-23/h16-19,24H,5-15H2,1-4H3,(H,22,25)/t19-/m0/s1. The highest BCUT2D eigenvalue weighted by Gasteiger charge is 2.29. The number of hydrogen-bond donors (Lipinski definition) is 2. The van der Waals surface area contributed by atoms with E-state index in [1.54, 1.807) is 0 Å². The molecule has 2 N–H and O–H groups in total. The summed E-state index contributed by atoms with van der Waals surface area (Å²) in [5.74, 6) is 1.42. The number of rotatable bonds is 11. The normalized spacial score (nSPS) is 17.0. The summed E-state index contributed by atoms with van der Waals surface area (Å²) in [4.78, 5) is 27.0. The summed E-state index contributed by atoms with van der Waals surface area (Å²) in [6.45, 7) is 10.2. The molecule has 0 bridgehead atoms. The van der Waals surface area contributed by atoms with Crippen LogP contribution < -0.4 is 5.32 Å². The van der Waals surface area contributed by atoms with Crippen LogP contribution in [-0.4, -0.2) is 47.6 Å². The molecule has 0 aromatic carbocycles. The Bertz CT molecular complexity index is 415. The van der Waals surface area contributed by atoms with Crippen molar-refractivity contribution in [3.63, 3.8) is 0 Å². The van der Waals surface area contributed by atoms with Crippen LogP contribution in [0.15, 0.2) is 0 Å². The minimum atomic E-state index is -0.413. The summed E-state index contributed by atoms with van der Waals surface area (Å²) < 4.78 is 0. The third-order valence-corrected chi connectivity index (χ3v) is 5.21. The van der Waals surface area contributed by atoms with E-state index in [9.17, 15) is 14.7 Å². The van der Waals surface area contributed by atoms with Gasteiger partial charge in [-0.2, -0.15) is 0 Å². The Hall–Kier alpha value is -1.10. The second-order valence-electron chi connectivity index (χ2n) is 8.69. The highest BCUT2D eigenvalue weighted by molar-refractivity contribution is 5.87. The number of amides is 2. The fraction of sp³-hybridized carbons (Fsp3) is 0.905. The molecule has 0 unspecified atom stereocenters. The molecule has 0 saturated carbocycles. The van der Waals surface area contributed by atoms with Crippen molar-refractivity contribution in [3.8, 4) is 0 Å². The van der Waals surface area contributed by atoms with Gasteiger partial charge in [0, 0.05) is 26.1 Å². The Balaban J connectivity index is 2.44. The van der Waals surface area contributed by atoms with Gasteiger partial charge < -0.3 is 15.3 Å². The first-order chi connectivity index (χ1) is 12.3. The number of likely N-dealkylation sites (tertiary alicyclic amines) is 1. The molecular formula is C21H40N2O3. The van der Waals surface area contributed by atoms with Gasteiger partial charge in [-0.05, 0) is 43.4 Å². The van der Waals surface area contributed by atoms with Crippen molar-refractivity contribution in [1.29, 1.82) is 0 Å². The van der Waals surface area contributed by atoms with Crippen LogP contribution in [0.1, 0.15) is 79.1 Å². The lowest BCUT2D eigenvalue weighted by molar-refractivity contribution is -0.138. The molecule has 0 radical (unpaired) electrons. The predicted octanol–water partition coefficient (Wildman–Crippen LogP) is 3.35. The third kappa shape index (κ3) is 9.02. The Morgan fingerprint density at radius 1 is 1.04 bits per heavy atom. The fourth-order valence-corrected chi connectivity index (χ4v) is 3.53. The van der Waals surface area contributed by atoms with E-state index in [0.29, 0.717) is 43.7 Å². The number of nitrogens with one attached hydrogen (secondary N) is 1. The summed E-state index contributed by atoms with van der Waals surface area (Å²) in [6.07, 6.45) is 7.22. The van der Waals surface area contributed by atoms with Crippen LogP contribution in [0, 0.1) is 17.8 Å². The van der Waals surface area contributed by atoms with E-state index in [1.165, 1.54) is 12.8 Å². The molecule has 26 heavy (non-hydrogen) atoms. The van der Waals surface area contributed by atoms with Crippen LogP contribution in [0.25, 0.3) is 0 Å². The van der Waals surface area contributed by atoms with Crippen molar-refractivity contribution in [2.45, 2.75) is 85.1 Å². The monoisotopic (exact) mass is 368 g/mol. The zero-order valence-electron chi connectivity index (χ0n) is 17.3. The van der Waals surface area contributed by atoms with Crippen LogP contribution >= 0.6 is 0 Å². The smallest absolute Gasteiger partial charge is 0.245 e. The molecule has 1 saturated heterocycles. The number of nitrogens with zero attached hydrogens (tertiary/aromatic N) is 1. The first kappa shape index (κ1) is 22.9. The number of unbranched alkanes of at least 4 members (excludes halogenated alkanes) is 2. The lowest BCUT2D eigenvalue weighted by Gasteiger charge is -2.34. The summed E-state index contributed by atoms with van der Waals surface area (Å²) in [6, 6.07) is -0.413. The molecule has 0 spiro atoms. The van der Waals surface area contributed by atoms with Gasteiger partial charge in [-0.3, -0.25) is 9.59 Å². The highest BCUT2D eigenvalue weighted by atomic mass is 16.3. The molecule has 1 rings (SSSR count). The van der Waals surface area contributed by atoms with Gasteiger partial charge in [0.2, 0.25) is 11.8 Å². The Morgan fingerprint density at radius 3 is 2.23 bits per heavy atom. The van der Waals surface area contributed by atoms with E-state index in [4.69, 9.17) is 0 Å². The van der Waals surface area contributed by atoms with Gasteiger partial charge in [0.05, 0.1) is 0 Å². The van der Waals surface area contributed by atoms with Crippen molar-refractivity contribution in [2.24, 2.45) is 17.8 Å². The van der Waals surface area contributed by atoms with Gasteiger partial charge in [0.25, 0.3) is 0 Å².